The number of hydrogen-bond acceptors (Lipinski definition) is 4. The van der Waals surface area contributed by atoms with E-state index in [9.17, 15) is 18.0 Å². The summed E-state index contributed by atoms with van der Waals surface area (Å²) in [6, 6.07) is 6.40. The third-order valence-electron chi connectivity index (χ3n) is 5.20. The van der Waals surface area contributed by atoms with Gasteiger partial charge in [0.05, 0.1) is 4.90 Å². The summed E-state index contributed by atoms with van der Waals surface area (Å²) in [4.78, 5) is 26.6. The molecule has 8 heteroatoms. The van der Waals surface area contributed by atoms with E-state index in [0.717, 1.165) is 45.2 Å². The molecular weight excluding hydrogens is 402 g/mol. The molecule has 1 aromatic carbocycles. The van der Waals surface area contributed by atoms with Gasteiger partial charge < -0.3 is 10.2 Å². The van der Waals surface area contributed by atoms with E-state index in [1.165, 1.54) is 10.4 Å². The number of nitrogens with one attached hydrogen (secondary N) is 1. The van der Waals surface area contributed by atoms with Crippen LogP contribution in [-0.4, -0.2) is 55.6 Å². The molecule has 1 aliphatic heterocycles. The largest absolute Gasteiger partial charge is 0.343 e. The van der Waals surface area contributed by atoms with Gasteiger partial charge >= 0.3 is 0 Å². The summed E-state index contributed by atoms with van der Waals surface area (Å²) in [6.07, 6.45) is 5.69. The summed E-state index contributed by atoms with van der Waals surface area (Å²) in [5, 5.41) is 2.76. The normalized spacial score (nSPS) is 15.0. The Hall–Kier alpha value is -1.93. The highest BCUT2D eigenvalue weighted by molar-refractivity contribution is 7.89. The van der Waals surface area contributed by atoms with Crippen molar-refractivity contribution in [1.82, 2.24) is 9.21 Å². The van der Waals surface area contributed by atoms with Crippen LogP contribution in [0.1, 0.15) is 65.2 Å². The highest BCUT2D eigenvalue weighted by Gasteiger charge is 2.26. The van der Waals surface area contributed by atoms with Crippen LogP contribution in [-0.2, 0) is 19.6 Å². The quantitative estimate of drug-likeness (QED) is 0.573. The van der Waals surface area contributed by atoms with E-state index in [-0.39, 0.29) is 23.1 Å². The number of carbonyl (C=O) groups is 2. The standard InChI is InChI=1S/C22H35N3O4S/c1-3-14-24(15-4-2)22(27)13-9-12-21(26)23-19-10-8-11-20(18-19)30(28,29)25-16-6-5-7-17-25/h8,10-11,18H,3-7,9,12-17H2,1-2H3,(H,23,26). The Morgan fingerprint density at radius 3 is 2.33 bits per heavy atom. The first-order valence-electron chi connectivity index (χ1n) is 11.1. The summed E-state index contributed by atoms with van der Waals surface area (Å²) < 4.78 is 27.1. The van der Waals surface area contributed by atoms with Crippen molar-refractivity contribution < 1.29 is 18.0 Å². The van der Waals surface area contributed by atoms with Crippen LogP contribution in [0.3, 0.4) is 0 Å². The van der Waals surface area contributed by atoms with Crippen LogP contribution in [0.15, 0.2) is 29.2 Å². The SMILES string of the molecule is CCCN(CCC)C(=O)CCCC(=O)Nc1cccc(S(=O)(=O)N2CCCCC2)c1. The van der Waals surface area contributed by atoms with Gasteiger partial charge in [-0.2, -0.15) is 4.31 Å². The third kappa shape index (κ3) is 7.09. The van der Waals surface area contributed by atoms with Crippen molar-refractivity contribution in [2.24, 2.45) is 0 Å². The van der Waals surface area contributed by atoms with Crippen LogP contribution in [0.5, 0.6) is 0 Å². The van der Waals surface area contributed by atoms with Crippen LogP contribution >= 0.6 is 0 Å². The molecule has 1 heterocycles. The molecule has 0 atom stereocenters. The van der Waals surface area contributed by atoms with Crippen LogP contribution in [0.4, 0.5) is 5.69 Å². The van der Waals surface area contributed by atoms with Gasteiger partial charge in [-0.1, -0.05) is 26.3 Å². The third-order valence-corrected chi connectivity index (χ3v) is 7.10. The number of anilines is 1. The highest BCUT2D eigenvalue weighted by Crippen LogP contribution is 2.23. The van der Waals surface area contributed by atoms with Gasteiger partial charge in [0.15, 0.2) is 0 Å². The van der Waals surface area contributed by atoms with Crippen LogP contribution in [0.25, 0.3) is 0 Å². The fourth-order valence-electron chi connectivity index (χ4n) is 3.67. The minimum absolute atomic E-state index is 0.0844. The molecule has 2 amide bonds. The van der Waals surface area contributed by atoms with E-state index in [1.807, 2.05) is 18.7 Å². The van der Waals surface area contributed by atoms with Crippen molar-refractivity contribution in [3.8, 4) is 0 Å². The number of amides is 2. The zero-order valence-electron chi connectivity index (χ0n) is 18.2. The first kappa shape index (κ1) is 24.3. The van der Waals surface area contributed by atoms with E-state index >= 15 is 0 Å². The number of nitrogens with zero attached hydrogens (tertiary/aromatic N) is 2. The van der Waals surface area contributed by atoms with Crippen molar-refractivity contribution in [2.75, 3.05) is 31.5 Å². The maximum atomic E-state index is 12.8. The number of piperidine rings is 1. The first-order chi connectivity index (χ1) is 14.4. The molecule has 0 spiro atoms. The lowest BCUT2D eigenvalue weighted by molar-refractivity contribution is -0.131. The van der Waals surface area contributed by atoms with Crippen LogP contribution < -0.4 is 5.32 Å². The van der Waals surface area contributed by atoms with E-state index in [4.69, 9.17) is 0 Å². The fourth-order valence-corrected chi connectivity index (χ4v) is 5.23. The number of hydrogen-bond donors (Lipinski definition) is 1. The maximum Gasteiger partial charge on any atom is 0.243 e. The molecule has 1 N–H and O–H groups in total. The number of rotatable bonds is 11. The molecule has 0 aromatic heterocycles. The molecule has 7 nitrogen and oxygen atoms in total. The number of sulfonamides is 1. The number of benzene rings is 1. The Balaban J connectivity index is 1.88. The Kier molecular flexibility index (Phi) is 9.78. The minimum Gasteiger partial charge on any atom is -0.343 e. The molecule has 0 saturated carbocycles. The van der Waals surface area contributed by atoms with Crippen molar-refractivity contribution in [3.63, 3.8) is 0 Å². The van der Waals surface area contributed by atoms with Crippen molar-refractivity contribution >= 4 is 27.5 Å². The van der Waals surface area contributed by atoms with Gasteiger partial charge in [0.2, 0.25) is 21.8 Å². The lowest BCUT2D eigenvalue weighted by atomic mass is 10.2. The zero-order chi connectivity index (χ0) is 22.0. The van der Waals surface area contributed by atoms with Gasteiger partial charge in [0.25, 0.3) is 0 Å². The molecule has 1 saturated heterocycles. The van der Waals surface area contributed by atoms with E-state index < -0.39 is 10.0 Å². The van der Waals surface area contributed by atoms with Gasteiger partial charge in [0, 0.05) is 44.7 Å². The monoisotopic (exact) mass is 437 g/mol. The molecule has 1 aromatic rings. The second-order valence-electron chi connectivity index (χ2n) is 7.78. The molecule has 2 rings (SSSR count). The predicted molar refractivity (Wildman–Crippen MR) is 119 cm³/mol. The van der Waals surface area contributed by atoms with Crippen LogP contribution in [0.2, 0.25) is 0 Å². The molecule has 30 heavy (non-hydrogen) atoms. The molecule has 0 radical (unpaired) electrons. The van der Waals surface area contributed by atoms with Gasteiger partial charge in [-0.15, -0.1) is 0 Å². The predicted octanol–water partition coefficient (Wildman–Crippen LogP) is 3.62. The van der Waals surface area contributed by atoms with Gasteiger partial charge in [0.1, 0.15) is 0 Å². The summed E-state index contributed by atoms with van der Waals surface area (Å²) in [6.45, 7) is 6.67. The molecule has 1 fully saturated rings. The van der Waals surface area contributed by atoms with Crippen molar-refractivity contribution in [2.45, 2.75) is 70.1 Å². The molecule has 0 unspecified atom stereocenters. The molecular formula is C22H35N3O4S. The Bertz CT molecular complexity index is 798. The summed E-state index contributed by atoms with van der Waals surface area (Å²) in [7, 11) is -3.54. The lowest BCUT2D eigenvalue weighted by Gasteiger charge is -2.26. The van der Waals surface area contributed by atoms with Gasteiger partial charge in [-0.25, -0.2) is 8.42 Å². The second kappa shape index (κ2) is 12.1. The van der Waals surface area contributed by atoms with Gasteiger partial charge in [-0.3, -0.25) is 9.59 Å². The summed E-state index contributed by atoms with van der Waals surface area (Å²) in [5.74, 6) is -0.131. The Morgan fingerprint density at radius 2 is 1.70 bits per heavy atom. The topological polar surface area (TPSA) is 86.8 Å². The van der Waals surface area contributed by atoms with Crippen molar-refractivity contribution in [1.29, 1.82) is 0 Å². The van der Waals surface area contributed by atoms with Crippen molar-refractivity contribution in [3.05, 3.63) is 24.3 Å². The van der Waals surface area contributed by atoms with E-state index in [0.29, 0.717) is 31.6 Å². The first-order valence-corrected chi connectivity index (χ1v) is 12.5. The zero-order valence-corrected chi connectivity index (χ0v) is 19.0. The van der Waals surface area contributed by atoms with Crippen LogP contribution in [0, 0.1) is 0 Å². The molecule has 0 bridgehead atoms. The Morgan fingerprint density at radius 1 is 1.03 bits per heavy atom. The smallest absolute Gasteiger partial charge is 0.243 e. The second-order valence-corrected chi connectivity index (χ2v) is 9.71. The highest BCUT2D eigenvalue weighted by atomic mass is 32.2. The fraction of sp³-hybridized carbons (Fsp3) is 0.636. The minimum atomic E-state index is -3.54. The lowest BCUT2D eigenvalue weighted by Crippen LogP contribution is -2.35. The Labute approximate surface area is 180 Å². The number of carbonyl (C=O) groups excluding carboxylic acids is 2. The molecule has 168 valence electrons. The summed E-state index contributed by atoms with van der Waals surface area (Å²) >= 11 is 0. The average Bonchev–Trinajstić information content (AvgIpc) is 2.74. The van der Waals surface area contributed by atoms with E-state index in [1.54, 1.807) is 18.2 Å². The summed E-state index contributed by atoms with van der Waals surface area (Å²) in [5.41, 5.74) is 0.461. The maximum absolute atomic E-state index is 12.8. The van der Waals surface area contributed by atoms with Gasteiger partial charge in [-0.05, 0) is 50.3 Å². The van der Waals surface area contributed by atoms with E-state index in [2.05, 4.69) is 5.32 Å². The average molecular weight is 438 g/mol. The molecule has 0 aliphatic carbocycles. The molecule has 1 aliphatic rings.